The summed E-state index contributed by atoms with van der Waals surface area (Å²) in [6, 6.07) is 9.29. The number of aromatic nitrogens is 1. The van der Waals surface area contributed by atoms with E-state index in [1.54, 1.807) is 29.2 Å². The van der Waals surface area contributed by atoms with Crippen molar-refractivity contribution in [1.29, 1.82) is 0 Å². The highest BCUT2D eigenvalue weighted by molar-refractivity contribution is 5.93. The number of carbonyl (C=O) groups is 1. The summed E-state index contributed by atoms with van der Waals surface area (Å²) in [5.41, 5.74) is 1.55. The van der Waals surface area contributed by atoms with E-state index in [9.17, 15) is 9.18 Å². The van der Waals surface area contributed by atoms with E-state index in [2.05, 4.69) is 4.98 Å². The molecule has 0 aliphatic carbocycles. The van der Waals surface area contributed by atoms with Crippen LogP contribution < -0.4 is 4.74 Å². The van der Waals surface area contributed by atoms with E-state index in [-0.39, 0.29) is 11.7 Å². The van der Waals surface area contributed by atoms with Crippen LogP contribution in [0.15, 0.2) is 36.4 Å². The number of methoxy groups -OCH3 is 1. The van der Waals surface area contributed by atoms with E-state index in [0.717, 1.165) is 0 Å². The van der Waals surface area contributed by atoms with Gasteiger partial charge in [-0.3, -0.25) is 4.79 Å². The van der Waals surface area contributed by atoms with Gasteiger partial charge in [-0.05, 0) is 36.4 Å². The van der Waals surface area contributed by atoms with Crippen LogP contribution in [-0.2, 0) is 4.74 Å². The number of carbonyl (C=O) groups excluding carboxylic acids is 1. The molecule has 1 fully saturated rings. The molecule has 1 aromatic carbocycles. The fraction of sp³-hybridized carbons (Fsp3) is 0.294. The molecule has 1 aliphatic heterocycles. The molecule has 1 aromatic heterocycles. The van der Waals surface area contributed by atoms with Crippen molar-refractivity contribution in [3.8, 4) is 17.0 Å². The Morgan fingerprint density at radius 3 is 2.52 bits per heavy atom. The first-order valence-corrected chi connectivity index (χ1v) is 7.37. The third-order valence-electron chi connectivity index (χ3n) is 3.71. The van der Waals surface area contributed by atoms with Gasteiger partial charge >= 0.3 is 0 Å². The molecule has 23 heavy (non-hydrogen) atoms. The Morgan fingerprint density at radius 2 is 1.87 bits per heavy atom. The Balaban J connectivity index is 1.95. The zero-order valence-corrected chi connectivity index (χ0v) is 12.8. The standard InChI is InChI=1S/C17H17FN2O3/c1-22-15-7-6-14(17(21)20-8-10-23-11-9-20)19-16(15)12-2-4-13(18)5-3-12/h2-7H,8-11H2,1H3. The van der Waals surface area contributed by atoms with Crippen LogP contribution in [0, 0.1) is 5.82 Å². The lowest BCUT2D eigenvalue weighted by atomic mass is 10.1. The summed E-state index contributed by atoms with van der Waals surface area (Å²) in [5.74, 6) is 0.0720. The summed E-state index contributed by atoms with van der Waals surface area (Å²) in [4.78, 5) is 18.7. The molecule has 0 bridgehead atoms. The van der Waals surface area contributed by atoms with Gasteiger partial charge in [0.05, 0.1) is 20.3 Å². The highest BCUT2D eigenvalue weighted by atomic mass is 19.1. The third-order valence-corrected chi connectivity index (χ3v) is 3.71. The van der Waals surface area contributed by atoms with Crippen LogP contribution >= 0.6 is 0 Å². The minimum atomic E-state index is -0.326. The number of halogens is 1. The molecule has 1 aliphatic rings. The minimum absolute atomic E-state index is 0.140. The molecule has 6 heteroatoms. The molecule has 3 rings (SSSR count). The molecule has 0 saturated carbocycles. The number of ether oxygens (including phenoxy) is 2. The third kappa shape index (κ3) is 3.32. The Bertz CT molecular complexity index is 697. The summed E-state index contributed by atoms with van der Waals surface area (Å²) < 4.78 is 23.7. The number of nitrogens with zero attached hydrogens (tertiary/aromatic N) is 2. The lowest BCUT2D eigenvalue weighted by Crippen LogP contribution is -2.41. The van der Waals surface area contributed by atoms with Crippen LogP contribution in [0.2, 0.25) is 0 Å². The fourth-order valence-corrected chi connectivity index (χ4v) is 2.47. The van der Waals surface area contributed by atoms with Crippen molar-refractivity contribution in [3.63, 3.8) is 0 Å². The van der Waals surface area contributed by atoms with Crippen LogP contribution in [0.25, 0.3) is 11.3 Å². The molecule has 5 nitrogen and oxygen atoms in total. The average Bonchev–Trinajstić information content (AvgIpc) is 2.62. The van der Waals surface area contributed by atoms with Crippen molar-refractivity contribution in [1.82, 2.24) is 9.88 Å². The van der Waals surface area contributed by atoms with Crippen molar-refractivity contribution in [2.75, 3.05) is 33.4 Å². The van der Waals surface area contributed by atoms with Crippen LogP contribution in [-0.4, -0.2) is 49.2 Å². The number of pyridine rings is 1. The normalized spacial score (nSPS) is 14.6. The predicted molar refractivity (Wildman–Crippen MR) is 82.9 cm³/mol. The number of amides is 1. The number of hydrogen-bond donors (Lipinski definition) is 0. The molecule has 0 radical (unpaired) electrons. The van der Waals surface area contributed by atoms with Crippen molar-refractivity contribution >= 4 is 5.91 Å². The maximum absolute atomic E-state index is 13.1. The number of morpholine rings is 1. The maximum Gasteiger partial charge on any atom is 0.272 e. The topological polar surface area (TPSA) is 51.7 Å². The Morgan fingerprint density at radius 1 is 1.17 bits per heavy atom. The van der Waals surface area contributed by atoms with Gasteiger partial charge in [-0.2, -0.15) is 0 Å². The average molecular weight is 316 g/mol. The Labute approximate surface area is 133 Å². The zero-order chi connectivity index (χ0) is 16.2. The van der Waals surface area contributed by atoms with Gasteiger partial charge in [-0.1, -0.05) is 0 Å². The second kappa shape index (κ2) is 6.75. The highest BCUT2D eigenvalue weighted by Gasteiger charge is 2.21. The first-order valence-electron chi connectivity index (χ1n) is 7.37. The Hall–Kier alpha value is -2.47. The van der Waals surface area contributed by atoms with Gasteiger partial charge < -0.3 is 14.4 Å². The minimum Gasteiger partial charge on any atom is -0.494 e. The molecule has 0 atom stereocenters. The molecule has 1 amide bonds. The molecular formula is C17H17FN2O3. The van der Waals surface area contributed by atoms with E-state index in [1.807, 2.05) is 0 Å². The second-order valence-electron chi connectivity index (χ2n) is 5.16. The summed E-state index contributed by atoms with van der Waals surface area (Å²) in [5, 5.41) is 0. The Kier molecular flexibility index (Phi) is 4.52. The molecule has 2 heterocycles. The number of rotatable bonds is 3. The van der Waals surface area contributed by atoms with Gasteiger partial charge in [0.15, 0.2) is 0 Å². The maximum atomic E-state index is 13.1. The van der Waals surface area contributed by atoms with Crippen molar-refractivity contribution in [2.24, 2.45) is 0 Å². The lowest BCUT2D eigenvalue weighted by Gasteiger charge is -2.26. The summed E-state index contributed by atoms with van der Waals surface area (Å²) in [6.45, 7) is 2.18. The smallest absolute Gasteiger partial charge is 0.272 e. The van der Waals surface area contributed by atoms with E-state index in [0.29, 0.717) is 49.0 Å². The van der Waals surface area contributed by atoms with Crippen LogP contribution in [0.1, 0.15) is 10.5 Å². The van der Waals surface area contributed by atoms with E-state index in [1.165, 1.54) is 19.2 Å². The first-order chi connectivity index (χ1) is 11.2. The van der Waals surface area contributed by atoms with Crippen molar-refractivity contribution in [3.05, 3.63) is 47.9 Å². The molecule has 1 saturated heterocycles. The first kappa shape index (κ1) is 15.4. The van der Waals surface area contributed by atoms with Gasteiger partial charge in [0.1, 0.15) is 23.0 Å². The van der Waals surface area contributed by atoms with Crippen LogP contribution in [0.5, 0.6) is 5.75 Å². The fourth-order valence-electron chi connectivity index (χ4n) is 2.47. The zero-order valence-electron chi connectivity index (χ0n) is 12.8. The van der Waals surface area contributed by atoms with Gasteiger partial charge in [0.25, 0.3) is 5.91 Å². The van der Waals surface area contributed by atoms with E-state index in [4.69, 9.17) is 9.47 Å². The highest BCUT2D eigenvalue weighted by Crippen LogP contribution is 2.28. The molecular weight excluding hydrogens is 299 g/mol. The molecule has 120 valence electrons. The lowest BCUT2D eigenvalue weighted by molar-refractivity contribution is 0.0299. The number of hydrogen-bond acceptors (Lipinski definition) is 4. The quantitative estimate of drug-likeness (QED) is 0.872. The van der Waals surface area contributed by atoms with Gasteiger partial charge in [0, 0.05) is 18.7 Å². The molecule has 0 spiro atoms. The summed E-state index contributed by atoms with van der Waals surface area (Å²) in [6.07, 6.45) is 0. The van der Waals surface area contributed by atoms with Crippen LogP contribution in [0.3, 0.4) is 0 Å². The largest absolute Gasteiger partial charge is 0.494 e. The van der Waals surface area contributed by atoms with Crippen LogP contribution in [0.4, 0.5) is 4.39 Å². The molecule has 2 aromatic rings. The van der Waals surface area contributed by atoms with Crippen molar-refractivity contribution in [2.45, 2.75) is 0 Å². The SMILES string of the molecule is COc1ccc(C(=O)N2CCOCC2)nc1-c1ccc(F)cc1. The van der Waals surface area contributed by atoms with E-state index >= 15 is 0 Å². The van der Waals surface area contributed by atoms with E-state index < -0.39 is 0 Å². The van der Waals surface area contributed by atoms with Gasteiger partial charge in [-0.15, -0.1) is 0 Å². The summed E-state index contributed by atoms with van der Waals surface area (Å²) in [7, 11) is 1.54. The van der Waals surface area contributed by atoms with Gasteiger partial charge in [-0.25, -0.2) is 9.37 Å². The van der Waals surface area contributed by atoms with Gasteiger partial charge in [0.2, 0.25) is 0 Å². The monoisotopic (exact) mass is 316 g/mol. The predicted octanol–water partition coefficient (Wildman–Crippen LogP) is 2.37. The van der Waals surface area contributed by atoms with Crippen molar-refractivity contribution < 1.29 is 18.7 Å². The molecule has 0 unspecified atom stereocenters. The number of benzene rings is 1. The summed E-state index contributed by atoms with van der Waals surface area (Å²) >= 11 is 0. The molecule has 0 N–H and O–H groups in total. The second-order valence-corrected chi connectivity index (χ2v) is 5.16.